The minimum Gasteiger partial charge on any atom is -0.477 e. The maximum Gasteiger partial charge on any atom is 0.354 e. The van der Waals surface area contributed by atoms with Crippen LogP contribution in [0.25, 0.3) is 5.95 Å². The number of nitrogens with one attached hydrogen (secondary N) is 1. The van der Waals surface area contributed by atoms with E-state index in [0.717, 1.165) is 4.68 Å². The highest BCUT2D eigenvalue weighted by Crippen LogP contribution is 2.08. The van der Waals surface area contributed by atoms with Crippen molar-refractivity contribution in [3.63, 3.8) is 0 Å². The summed E-state index contributed by atoms with van der Waals surface area (Å²) in [5.74, 6) is -1.16. The summed E-state index contributed by atoms with van der Waals surface area (Å²) in [7, 11) is 0. The molecular weight excluding hydrogens is 238 g/mol. The highest BCUT2D eigenvalue weighted by molar-refractivity contribution is 5.86. The number of rotatable bonds is 3. The molecule has 8 heteroatoms. The Labute approximate surface area is 101 Å². The molecule has 0 saturated carbocycles. The van der Waals surface area contributed by atoms with Crippen LogP contribution in [0, 0.1) is 6.92 Å². The van der Waals surface area contributed by atoms with Crippen LogP contribution < -0.4 is 5.56 Å². The first-order valence-corrected chi connectivity index (χ1v) is 5.29. The Morgan fingerprint density at radius 1 is 1.50 bits per heavy atom. The Hall–Kier alpha value is -2.51. The van der Waals surface area contributed by atoms with Crippen molar-refractivity contribution in [1.29, 1.82) is 0 Å². The third-order valence-electron chi connectivity index (χ3n) is 2.39. The summed E-state index contributed by atoms with van der Waals surface area (Å²) in [5.41, 5.74) is 0.305. The van der Waals surface area contributed by atoms with Gasteiger partial charge in [0.05, 0.1) is 5.69 Å². The Morgan fingerprint density at radius 3 is 2.78 bits per heavy atom. The van der Waals surface area contributed by atoms with Crippen LogP contribution in [0.1, 0.15) is 28.8 Å². The molecule has 0 aromatic carbocycles. The minimum atomic E-state index is -1.15. The van der Waals surface area contributed by atoms with E-state index in [1.54, 1.807) is 0 Å². The largest absolute Gasteiger partial charge is 0.477 e. The smallest absolute Gasteiger partial charge is 0.354 e. The Balaban J connectivity index is 2.62. The molecule has 0 fully saturated rings. The number of aromatic nitrogens is 5. The molecule has 0 atom stereocenters. The van der Waals surface area contributed by atoms with Crippen molar-refractivity contribution in [2.45, 2.75) is 20.3 Å². The van der Waals surface area contributed by atoms with Crippen LogP contribution in [0.4, 0.5) is 0 Å². The summed E-state index contributed by atoms with van der Waals surface area (Å²) in [5, 5.41) is 20.5. The van der Waals surface area contributed by atoms with E-state index in [1.165, 1.54) is 13.0 Å². The number of aromatic amines is 1. The summed E-state index contributed by atoms with van der Waals surface area (Å²) < 4.78 is 1.06. The SMILES string of the molecule is CCc1cc(C(=O)O)n(-c2nnc(C)c(=O)[nH]2)n1. The predicted octanol–water partition coefficient (Wildman–Crippen LogP) is -0.0804. The quantitative estimate of drug-likeness (QED) is 0.786. The number of nitrogens with zero attached hydrogens (tertiary/aromatic N) is 4. The van der Waals surface area contributed by atoms with Gasteiger partial charge in [0, 0.05) is 0 Å². The van der Waals surface area contributed by atoms with E-state index in [4.69, 9.17) is 5.11 Å². The van der Waals surface area contributed by atoms with Gasteiger partial charge in [-0.1, -0.05) is 6.92 Å². The summed E-state index contributed by atoms with van der Waals surface area (Å²) in [4.78, 5) is 24.9. The molecule has 0 aliphatic rings. The van der Waals surface area contributed by atoms with Gasteiger partial charge in [0.1, 0.15) is 5.69 Å². The lowest BCUT2D eigenvalue weighted by atomic mass is 10.3. The first-order chi connectivity index (χ1) is 8.52. The highest BCUT2D eigenvalue weighted by atomic mass is 16.4. The van der Waals surface area contributed by atoms with Crippen molar-refractivity contribution in [2.75, 3.05) is 0 Å². The number of H-pyrrole nitrogens is 1. The van der Waals surface area contributed by atoms with Gasteiger partial charge in [-0.15, -0.1) is 10.2 Å². The van der Waals surface area contributed by atoms with Gasteiger partial charge in [-0.25, -0.2) is 4.79 Å². The van der Waals surface area contributed by atoms with Gasteiger partial charge in [-0.3, -0.25) is 9.78 Å². The van der Waals surface area contributed by atoms with Gasteiger partial charge < -0.3 is 5.11 Å². The van der Waals surface area contributed by atoms with E-state index in [-0.39, 0.29) is 17.3 Å². The minimum absolute atomic E-state index is 0.0114. The highest BCUT2D eigenvalue weighted by Gasteiger charge is 2.17. The first-order valence-electron chi connectivity index (χ1n) is 5.29. The summed E-state index contributed by atoms with van der Waals surface area (Å²) >= 11 is 0. The van der Waals surface area contributed by atoms with E-state index < -0.39 is 11.5 Å². The molecule has 0 aliphatic carbocycles. The van der Waals surface area contributed by atoms with Crippen molar-refractivity contribution in [1.82, 2.24) is 25.0 Å². The maximum atomic E-state index is 11.4. The van der Waals surface area contributed by atoms with Gasteiger partial charge in [-0.05, 0) is 19.4 Å². The van der Waals surface area contributed by atoms with E-state index >= 15 is 0 Å². The van der Waals surface area contributed by atoms with Gasteiger partial charge in [0.2, 0.25) is 0 Å². The maximum absolute atomic E-state index is 11.4. The normalized spacial score (nSPS) is 10.6. The lowest BCUT2D eigenvalue weighted by molar-refractivity contribution is 0.0686. The molecule has 2 rings (SSSR count). The standard InChI is InChI=1S/C10H11N5O3/c1-3-6-4-7(9(17)18)15(14-6)10-11-8(16)5(2)12-13-10/h4H,3H2,1-2H3,(H,17,18)(H,11,13,16). The van der Waals surface area contributed by atoms with E-state index in [9.17, 15) is 9.59 Å². The lowest BCUT2D eigenvalue weighted by Gasteiger charge is -2.01. The molecular formula is C10H11N5O3. The van der Waals surface area contributed by atoms with Gasteiger partial charge in [0.15, 0.2) is 5.69 Å². The number of carboxylic acids is 1. The molecule has 2 N–H and O–H groups in total. The zero-order chi connectivity index (χ0) is 13.3. The number of hydrogen-bond donors (Lipinski definition) is 2. The second-order valence-corrected chi connectivity index (χ2v) is 3.65. The van der Waals surface area contributed by atoms with Crippen LogP contribution in [-0.2, 0) is 6.42 Å². The topological polar surface area (TPSA) is 114 Å². The number of hydrogen-bond acceptors (Lipinski definition) is 5. The van der Waals surface area contributed by atoms with Crippen molar-refractivity contribution in [2.24, 2.45) is 0 Å². The molecule has 0 spiro atoms. The molecule has 0 saturated heterocycles. The molecule has 0 amide bonds. The third-order valence-corrected chi connectivity index (χ3v) is 2.39. The van der Waals surface area contributed by atoms with Gasteiger partial charge >= 0.3 is 5.97 Å². The number of aromatic carboxylic acids is 1. The van der Waals surface area contributed by atoms with Crippen LogP contribution in [0.2, 0.25) is 0 Å². The monoisotopic (exact) mass is 249 g/mol. The van der Waals surface area contributed by atoms with Crippen LogP contribution >= 0.6 is 0 Å². The zero-order valence-corrected chi connectivity index (χ0v) is 9.84. The lowest BCUT2D eigenvalue weighted by Crippen LogP contribution is -2.20. The molecule has 94 valence electrons. The van der Waals surface area contributed by atoms with Gasteiger partial charge in [-0.2, -0.15) is 9.78 Å². The number of carbonyl (C=O) groups is 1. The fourth-order valence-corrected chi connectivity index (χ4v) is 1.40. The first kappa shape index (κ1) is 12.0. The Morgan fingerprint density at radius 2 is 2.22 bits per heavy atom. The summed E-state index contributed by atoms with van der Waals surface area (Å²) in [6.07, 6.45) is 0.580. The number of aryl methyl sites for hydroxylation is 2. The van der Waals surface area contributed by atoms with Crippen LogP contribution in [0.3, 0.4) is 0 Å². The van der Waals surface area contributed by atoms with Crippen molar-refractivity contribution < 1.29 is 9.90 Å². The van der Waals surface area contributed by atoms with Crippen LogP contribution in [0.15, 0.2) is 10.9 Å². The fraction of sp³-hybridized carbons (Fsp3) is 0.300. The fourth-order valence-electron chi connectivity index (χ4n) is 1.40. The predicted molar refractivity (Wildman–Crippen MR) is 60.8 cm³/mol. The van der Waals surface area contributed by atoms with Crippen molar-refractivity contribution in [3.8, 4) is 5.95 Å². The van der Waals surface area contributed by atoms with Crippen molar-refractivity contribution in [3.05, 3.63) is 33.5 Å². The summed E-state index contributed by atoms with van der Waals surface area (Å²) in [6.45, 7) is 3.36. The average molecular weight is 249 g/mol. The molecule has 8 nitrogen and oxygen atoms in total. The molecule has 2 aromatic heterocycles. The third kappa shape index (κ3) is 1.99. The van der Waals surface area contributed by atoms with Gasteiger partial charge in [0.25, 0.3) is 11.5 Å². The van der Waals surface area contributed by atoms with Crippen LogP contribution in [-0.4, -0.2) is 36.0 Å². The summed E-state index contributed by atoms with van der Waals surface area (Å²) in [6, 6.07) is 1.43. The second kappa shape index (κ2) is 4.40. The number of carboxylic acid groups (broad SMARTS) is 1. The molecule has 0 aliphatic heterocycles. The molecule has 0 unspecified atom stereocenters. The molecule has 0 bridgehead atoms. The van der Waals surface area contributed by atoms with E-state index in [2.05, 4.69) is 20.3 Å². The van der Waals surface area contributed by atoms with E-state index in [1.807, 2.05) is 6.92 Å². The zero-order valence-electron chi connectivity index (χ0n) is 9.84. The molecule has 0 radical (unpaired) electrons. The van der Waals surface area contributed by atoms with Crippen LogP contribution in [0.5, 0.6) is 0 Å². The molecule has 2 heterocycles. The molecule has 18 heavy (non-hydrogen) atoms. The average Bonchev–Trinajstić information content (AvgIpc) is 2.77. The Kier molecular flexibility index (Phi) is 2.92. The van der Waals surface area contributed by atoms with E-state index in [0.29, 0.717) is 12.1 Å². The Bertz CT molecular complexity index is 658. The van der Waals surface area contributed by atoms with Crippen molar-refractivity contribution >= 4 is 5.97 Å². The molecule has 2 aromatic rings. The second-order valence-electron chi connectivity index (χ2n) is 3.65.